The van der Waals surface area contributed by atoms with Crippen LogP contribution >= 0.6 is 0 Å². The lowest BCUT2D eigenvalue weighted by molar-refractivity contribution is 0.208. The molecule has 2 aliphatic rings. The van der Waals surface area contributed by atoms with Gasteiger partial charge >= 0.3 is 0 Å². The Balaban J connectivity index is 1.56. The quantitative estimate of drug-likeness (QED) is 0.811. The summed E-state index contributed by atoms with van der Waals surface area (Å²) in [6, 6.07) is 2.50. The van der Waals surface area contributed by atoms with Gasteiger partial charge in [0.15, 0.2) is 0 Å². The number of nitrogens with one attached hydrogen (secondary N) is 1. The highest BCUT2D eigenvalue weighted by Crippen LogP contribution is 2.34. The number of hydrogen-bond acceptors (Lipinski definition) is 5. The van der Waals surface area contributed by atoms with Gasteiger partial charge in [-0.2, -0.15) is 0 Å². The molecule has 1 aliphatic heterocycles. The molecular formula is C17H28N4O. The maximum atomic E-state index is 9.37. The lowest BCUT2D eigenvalue weighted by Crippen LogP contribution is -2.37. The zero-order valence-electron chi connectivity index (χ0n) is 13.5. The lowest BCUT2D eigenvalue weighted by Gasteiger charge is -2.32. The highest BCUT2D eigenvalue weighted by atomic mass is 16.3. The van der Waals surface area contributed by atoms with E-state index in [4.69, 9.17) is 0 Å². The molecule has 0 amide bonds. The van der Waals surface area contributed by atoms with E-state index in [0.29, 0.717) is 12.0 Å². The van der Waals surface area contributed by atoms with Crippen molar-refractivity contribution < 1.29 is 5.11 Å². The third-order valence-corrected chi connectivity index (χ3v) is 4.85. The van der Waals surface area contributed by atoms with Crippen molar-refractivity contribution in [2.24, 2.45) is 11.8 Å². The third-order valence-electron chi connectivity index (χ3n) is 4.85. The van der Waals surface area contributed by atoms with Crippen molar-refractivity contribution in [3.63, 3.8) is 0 Å². The smallest absolute Gasteiger partial charge is 0.134 e. The number of anilines is 2. The van der Waals surface area contributed by atoms with Gasteiger partial charge in [0.25, 0.3) is 0 Å². The van der Waals surface area contributed by atoms with Crippen molar-refractivity contribution in [1.82, 2.24) is 9.97 Å². The average molecular weight is 304 g/mol. The Labute approximate surface area is 133 Å². The van der Waals surface area contributed by atoms with Crippen LogP contribution in [-0.4, -0.2) is 40.8 Å². The summed E-state index contributed by atoms with van der Waals surface area (Å²) in [5, 5.41) is 12.9. The molecule has 2 N–H and O–H groups in total. The minimum atomic E-state index is 0.269. The summed E-state index contributed by atoms with van der Waals surface area (Å²) < 4.78 is 0. The van der Waals surface area contributed by atoms with Crippen molar-refractivity contribution in [2.45, 2.75) is 51.5 Å². The van der Waals surface area contributed by atoms with Crippen LogP contribution in [0.25, 0.3) is 0 Å². The summed E-state index contributed by atoms with van der Waals surface area (Å²) in [7, 11) is 0. The normalized spacial score (nSPS) is 23.4. The lowest BCUT2D eigenvalue weighted by atomic mass is 9.99. The van der Waals surface area contributed by atoms with E-state index in [9.17, 15) is 5.11 Å². The van der Waals surface area contributed by atoms with Crippen LogP contribution in [0.4, 0.5) is 11.6 Å². The molecule has 1 saturated carbocycles. The Morgan fingerprint density at radius 2 is 2.18 bits per heavy atom. The molecular weight excluding hydrogens is 276 g/mol. The predicted octanol–water partition coefficient (Wildman–Crippen LogP) is 2.68. The fraction of sp³-hybridized carbons (Fsp3) is 0.765. The van der Waals surface area contributed by atoms with Gasteiger partial charge in [0, 0.05) is 31.8 Å². The van der Waals surface area contributed by atoms with Gasteiger partial charge in [-0.25, -0.2) is 9.97 Å². The van der Waals surface area contributed by atoms with Gasteiger partial charge in [-0.1, -0.05) is 12.8 Å². The second kappa shape index (κ2) is 7.27. The monoisotopic (exact) mass is 304 g/mol. The maximum Gasteiger partial charge on any atom is 0.134 e. The number of aliphatic hydroxyl groups is 1. The molecule has 1 aromatic heterocycles. The van der Waals surface area contributed by atoms with E-state index in [1.807, 2.05) is 6.07 Å². The minimum Gasteiger partial charge on any atom is -0.396 e. The minimum absolute atomic E-state index is 0.269. The zero-order chi connectivity index (χ0) is 15.4. The molecule has 2 heterocycles. The van der Waals surface area contributed by atoms with Crippen molar-refractivity contribution in [3.05, 3.63) is 12.4 Å². The van der Waals surface area contributed by atoms with Crippen molar-refractivity contribution >= 4 is 11.6 Å². The molecule has 5 heteroatoms. The van der Waals surface area contributed by atoms with Gasteiger partial charge in [-0.05, 0) is 44.4 Å². The molecule has 0 aromatic carbocycles. The topological polar surface area (TPSA) is 61.3 Å². The van der Waals surface area contributed by atoms with Crippen LogP contribution in [0.2, 0.25) is 0 Å². The van der Waals surface area contributed by atoms with Crippen LogP contribution in [0.1, 0.15) is 45.4 Å². The summed E-state index contributed by atoms with van der Waals surface area (Å²) in [6.45, 7) is 4.41. The first-order chi connectivity index (χ1) is 10.7. The van der Waals surface area contributed by atoms with Gasteiger partial charge in [-0.15, -0.1) is 0 Å². The standard InChI is InChI=1S/C17H28N4O/c1-13(4-5-14-6-7-14)20-16-9-17(19-12-18-16)21-8-2-3-15(10-21)11-22/h9,12-15,22H,2-8,10-11H2,1H3,(H,18,19,20). The summed E-state index contributed by atoms with van der Waals surface area (Å²) in [5.74, 6) is 3.25. The van der Waals surface area contributed by atoms with Gasteiger partial charge in [0.05, 0.1) is 0 Å². The second-order valence-corrected chi connectivity index (χ2v) is 6.96. The summed E-state index contributed by atoms with van der Waals surface area (Å²) in [4.78, 5) is 11.0. The molecule has 122 valence electrons. The molecule has 3 rings (SSSR count). The van der Waals surface area contributed by atoms with E-state index in [0.717, 1.165) is 43.5 Å². The molecule has 5 nitrogen and oxygen atoms in total. The van der Waals surface area contributed by atoms with Gasteiger partial charge in [0.2, 0.25) is 0 Å². The number of rotatable bonds is 7. The molecule has 22 heavy (non-hydrogen) atoms. The molecule has 1 aliphatic carbocycles. The molecule has 2 atom stereocenters. The van der Waals surface area contributed by atoms with Gasteiger partial charge < -0.3 is 15.3 Å². The van der Waals surface area contributed by atoms with Crippen LogP contribution in [0.3, 0.4) is 0 Å². The predicted molar refractivity (Wildman–Crippen MR) is 89.1 cm³/mol. The number of hydrogen-bond donors (Lipinski definition) is 2. The number of nitrogens with zero attached hydrogens (tertiary/aromatic N) is 3. The van der Waals surface area contributed by atoms with E-state index in [-0.39, 0.29) is 6.61 Å². The Kier molecular flexibility index (Phi) is 5.13. The van der Waals surface area contributed by atoms with Crippen molar-refractivity contribution in [3.8, 4) is 0 Å². The van der Waals surface area contributed by atoms with Gasteiger partial charge in [0.1, 0.15) is 18.0 Å². The van der Waals surface area contributed by atoms with Crippen LogP contribution in [-0.2, 0) is 0 Å². The molecule has 1 saturated heterocycles. The van der Waals surface area contributed by atoms with E-state index in [1.165, 1.54) is 25.7 Å². The molecule has 0 spiro atoms. The Bertz CT molecular complexity index is 477. The Morgan fingerprint density at radius 3 is 2.95 bits per heavy atom. The summed E-state index contributed by atoms with van der Waals surface area (Å²) in [5.41, 5.74) is 0. The summed E-state index contributed by atoms with van der Waals surface area (Å²) >= 11 is 0. The number of aliphatic hydroxyl groups excluding tert-OH is 1. The Hall–Kier alpha value is -1.36. The van der Waals surface area contributed by atoms with Crippen LogP contribution in [0.15, 0.2) is 12.4 Å². The zero-order valence-corrected chi connectivity index (χ0v) is 13.5. The first kappa shape index (κ1) is 15.5. The molecule has 0 radical (unpaired) electrons. The largest absolute Gasteiger partial charge is 0.396 e. The number of aromatic nitrogens is 2. The van der Waals surface area contributed by atoms with Crippen LogP contribution in [0, 0.1) is 11.8 Å². The Morgan fingerprint density at radius 1 is 1.32 bits per heavy atom. The SMILES string of the molecule is CC(CCC1CC1)Nc1cc(N2CCCC(CO)C2)ncn1. The molecule has 2 unspecified atom stereocenters. The van der Waals surface area contributed by atoms with Crippen LogP contribution < -0.4 is 10.2 Å². The molecule has 2 fully saturated rings. The van der Waals surface area contributed by atoms with E-state index in [1.54, 1.807) is 6.33 Å². The summed E-state index contributed by atoms with van der Waals surface area (Å²) in [6.07, 6.45) is 9.26. The fourth-order valence-corrected chi connectivity index (χ4v) is 3.24. The van der Waals surface area contributed by atoms with Crippen molar-refractivity contribution in [1.29, 1.82) is 0 Å². The average Bonchev–Trinajstić information content (AvgIpc) is 3.38. The van der Waals surface area contributed by atoms with E-state index in [2.05, 4.69) is 27.1 Å². The van der Waals surface area contributed by atoms with E-state index >= 15 is 0 Å². The van der Waals surface area contributed by atoms with Gasteiger partial charge in [-0.3, -0.25) is 0 Å². The number of piperidine rings is 1. The molecule has 1 aromatic rings. The van der Waals surface area contributed by atoms with Crippen molar-refractivity contribution in [2.75, 3.05) is 29.9 Å². The fourth-order valence-electron chi connectivity index (χ4n) is 3.24. The first-order valence-electron chi connectivity index (χ1n) is 8.69. The third kappa shape index (κ3) is 4.32. The van der Waals surface area contributed by atoms with E-state index < -0.39 is 0 Å². The van der Waals surface area contributed by atoms with Crippen LogP contribution in [0.5, 0.6) is 0 Å². The highest BCUT2D eigenvalue weighted by Gasteiger charge is 2.22. The molecule has 0 bridgehead atoms. The maximum absolute atomic E-state index is 9.37. The second-order valence-electron chi connectivity index (χ2n) is 6.96. The highest BCUT2D eigenvalue weighted by molar-refractivity contribution is 5.49. The first-order valence-corrected chi connectivity index (χ1v) is 8.69.